The highest BCUT2D eigenvalue weighted by Gasteiger charge is 2.30. The standard InChI is InChI=1S/C25H32N4O5/c1-16-3-6-18(7-4-16)27-24-26-14-20(17-5-8-21-22(13-17)33-12-11-32-21)23(28-24)34-19-9-10-29(15-19)25(30)31-2/h5,8,13-14,16,18-19H,3-4,6-7,9-12,15H2,1-2H3,(H,26,27,28). The first kappa shape index (κ1) is 22.6. The minimum Gasteiger partial charge on any atom is -0.486 e. The molecule has 1 saturated carbocycles. The van der Waals surface area contributed by atoms with E-state index in [-0.39, 0.29) is 12.2 Å². The number of aromatic nitrogens is 2. The summed E-state index contributed by atoms with van der Waals surface area (Å²) in [6.07, 6.45) is 6.65. The van der Waals surface area contributed by atoms with Gasteiger partial charge in [-0.15, -0.1) is 0 Å². The molecule has 2 aromatic rings. The van der Waals surface area contributed by atoms with Gasteiger partial charge in [-0.25, -0.2) is 9.78 Å². The number of fused-ring (bicyclic) bond motifs is 1. The molecule has 1 aromatic heterocycles. The smallest absolute Gasteiger partial charge is 0.409 e. The number of amides is 1. The number of rotatable bonds is 5. The third-order valence-electron chi connectivity index (χ3n) is 6.81. The number of anilines is 1. The van der Waals surface area contributed by atoms with Crippen molar-refractivity contribution in [2.24, 2.45) is 5.92 Å². The molecule has 2 fully saturated rings. The number of hydrogen-bond donors (Lipinski definition) is 1. The molecule has 0 radical (unpaired) electrons. The minimum absolute atomic E-state index is 0.173. The topological polar surface area (TPSA) is 95.0 Å². The molecular formula is C25H32N4O5. The summed E-state index contributed by atoms with van der Waals surface area (Å²) in [5.41, 5.74) is 1.66. The van der Waals surface area contributed by atoms with Crippen LogP contribution in [0.2, 0.25) is 0 Å². The van der Waals surface area contributed by atoms with Gasteiger partial charge in [0.2, 0.25) is 11.8 Å². The molecule has 2 aliphatic heterocycles. The van der Waals surface area contributed by atoms with E-state index in [1.807, 2.05) is 18.2 Å². The van der Waals surface area contributed by atoms with Gasteiger partial charge in [0, 0.05) is 25.2 Å². The molecule has 5 rings (SSSR count). The lowest BCUT2D eigenvalue weighted by atomic mass is 9.87. The quantitative estimate of drug-likeness (QED) is 0.700. The van der Waals surface area contributed by atoms with Crippen LogP contribution in [0.4, 0.5) is 10.7 Å². The van der Waals surface area contributed by atoms with Gasteiger partial charge in [-0.1, -0.05) is 13.0 Å². The second-order valence-electron chi connectivity index (χ2n) is 9.32. The zero-order valence-corrected chi connectivity index (χ0v) is 19.8. The SMILES string of the molecule is COC(=O)N1CCC(Oc2nc(NC3CCC(C)CC3)ncc2-c2ccc3c(c2)OCCO3)C1. The van der Waals surface area contributed by atoms with Crippen molar-refractivity contribution in [2.75, 3.05) is 38.7 Å². The van der Waals surface area contributed by atoms with E-state index in [4.69, 9.17) is 23.9 Å². The zero-order valence-electron chi connectivity index (χ0n) is 19.8. The van der Waals surface area contributed by atoms with Crippen molar-refractivity contribution in [3.05, 3.63) is 24.4 Å². The maximum atomic E-state index is 11.9. The Morgan fingerprint density at radius 2 is 1.91 bits per heavy atom. The van der Waals surface area contributed by atoms with Crippen LogP contribution in [0.3, 0.4) is 0 Å². The average molecular weight is 469 g/mol. The lowest BCUT2D eigenvalue weighted by Crippen LogP contribution is -2.31. The second kappa shape index (κ2) is 9.95. The molecule has 1 aliphatic carbocycles. The highest BCUT2D eigenvalue weighted by atomic mass is 16.6. The summed E-state index contributed by atoms with van der Waals surface area (Å²) in [7, 11) is 1.39. The van der Waals surface area contributed by atoms with E-state index in [0.29, 0.717) is 56.3 Å². The first-order chi connectivity index (χ1) is 16.6. The fourth-order valence-electron chi connectivity index (χ4n) is 4.80. The Bertz CT molecular complexity index is 1020. The van der Waals surface area contributed by atoms with Crippen LogP contribution in [0.15, 0.2) is 24.4 Å². The van der Waals surface area contributed by atoms with E-state index >= 15 is 0 Å². The molecule has 1 saturated heterocycles. The van der Waals surface area contributed by atoms with Crippen LogP contribution < -0.4 is 19.5 Å². The molecule has 3 heterocycles. The fraction of sp³-hybridized carbons (Fsp3) is 0.560. The summed E-state index contributed by atoms with van der Waals surface area (Å²) in [5, 5.41) is 3.50. The van der Waals surface area contributed by atoms with Gasteiger partial charge in [0.25, 0.3) is 0 Å². The minimum atomic E-state index is -0.338. The van der Waals surface area contributed by atoms with Crippen molar-refractivity contribution in [2.45, 2.75) is 51.2 Å². The molecular weight excluding hydrogens is 436 g/mol. The summed E-state index contributed by atoms with van der Waals surface area (Å²) < 4.78 is 22.7. The first-order valence-electron chi connectivity index (χ1n) is 12.1. The molecule has 0 spiro atoms. The zero-order chi connectivity index (χ0) is 23.5. The molecule has 0 bridgehead atoms. The van der Waals surface area contributed by atoms with Crippen molar-refractivity contribution in [1.29, 1.82) is 0 Å². The predicted octanol–water partition coefficient (Wildman–Crippen LogP) is 4.12. The Morgan fingerprint density at radius 3 is 2.71 bits per heavy atom. The van der Waals surface area contributed by atoms with Crippen molar-refractivity contribution in [3.8, 4) is 28.5 Å². The van der Waals surface area contributed by atoms with Crippen molar-refractivity contribution < 1.29 is 23.7 Å². The van der Waals surface area contributed by atoms with Gasteiger partial charge >= 0.3 is 6.09 Å². The maximum absolute atomic E-state index is 11.9. The average Bonchev–Trinajstić information content (AvgIpc) is 3.33. The van der Waals surface area contributed by atoms with Crippen LogP contribution in [0, 0.1) is 5.92 Å². The van der Waals surface area contributed by atoms with E-state index < -0.39 is 0 Å². The van der Waals surface area contributed by atoms with Gasteiger partial charge in [-0.05, 0) is 49.3 Å². The maximum Gasteiger partial charge on any atom is 0.409 e. The highest BCUT2D eigenvalue weighted by molar-refractivity contribution is 5.71. The number of carbonyl (C=O) groups excluding carboxylic acids is 1. The van der Waals surface area contributed by atoms with Crippen LogP contribution in [-0.2, 0) is 4.74 Å². The van der Waals surface area contributed by atoms with Gasteiger partial charge in [-0.2, -0.15) is 4.98 Å². The van der Waals surface area contributed by atoms with E-state index in [9.17, 15) is 4.79 Å². The number of carbonyl (C=O) groups is 1. The van der Waals surface area contributed by atoms with Crippen molar-refractivity contribution in [1.82, 2.24) is 14.9 Å². The van der Waals surface area contributed by atoms with Crippen molar-refractivity contribution >= 4 is 12.0 Å². The number of likely N-dealkylation sites (tertiary alicyclic amines) is 1. The Kier molecular flexibility index (Phi) is 6.60. The van der Waals surface area contributed by atoms with Crippen LogP contribution in [0.5, 0.6) is 17.4 Å². The summed E-state index contributed by atoms with van der Waals surface area (Å²) in [4.78, 5) is 23.0. The summed E-state index contributed by atoms with van der Waals surface area (Å²) in [6, 6.07) is 6.16. The fourth-order valence-corrected chi connectivity index (χ4v) is 4.80. The van der Waals surface area contributed by atoms with Crippen LogP contribution >= 0.6 is 0 Å². The van der Waals surface area contributed by atoms with E-state index in [2.05, 4.69) is 17.2 Å². The van der Waals surface area contributed by atoms with E-state index in [1.165, 1.54) is 20.0 Å². The summed E-state index contributed by atoms with van der Waals surface area (Å²) in [6.45, 7) is 4.42. The Hall–Kier alpha value is -3.23. The van der Waals surface area contributed by atoms with Crippen molar-refractivity contribution in [3.63, 3.8) is 0 Å². The van der Waals surface area contributed by atoms with Crippen LogP contribution in [-0.4, -0.2) is 66.5 Å². The lowest BCUT2D eigenvalue weighted by Gasteiger charge is -2.27. The molecule has 9 heteroatoms. The van der Waals surface area contributed by atoms with Gasteiger partial charge < -0.3 is 29.2 Å². The summed E-state index contributed by atoms with van der Waals surface area (Å²) in [5.74, 6) is 3.27. The molecule has 1 N–H and O–H groups in total. The molecule has 1 amide bonds. The Morgan fingerprint density at radius 1 is 1.12 bits per heavy atom. The number of methoxy groups -OCH3 is 1. The van der Waals surface area contributed by atoms with Gasteiger partial charge in [0.15, 0.2) is 11.5 Å². The number of benzene rings is 1. The summed E-state index contributed by atoms with van der Waals surface area (Å²) >= 11 is 0. The van der Waals surface area contributed by atoms with E-state index in [1.54, 1.807) is 11.1 Å². The molecule has 1 unspecified atom stereocenters. The highest BCUT2D eigenvalue weighted by Crippen LogP contribution is 2.38. The molecule has 3 aliphatic rings. The molecule has 1 atom stereocenters. The van der Waals surface area contributed by atoms with E-state index in [0.717, 1.165) is 35.6 Å². The van der Waals surface area contributed by atoms with Gasteiger partial charge in [0.05, 0.1) is 19.2 Å². The molecule has 34 heavy (non-hydrogen) atoms. The number of nitrogens with zero attached hydrogens (tertiary/aromatic N) is 3. The number of nitrogens with one attached hydrogen (secondary N) is 1. The van der Waals surface area contributed by atoms with Gasteiger partial charge in [0.1, 0.15) is 19.3 Å². The molecule has 182 valence electrons. The van der Waals surface area contributed by atoms with Crippen LogP contribution in [0.25, 0.3) is 11.1 Å². The third-order valence-corrected chi connectivity index (χ3v) is 6.81. The normalized spacial score (nSPS) is 23.9. The third kappa shape index (κ3) is 4.98. The lowest BCUT2D eigenvalue weighted by molar-refractivity contribution is 0.125. The monoisotopic (exact) mass is 468 g/mol. The Balaban J connectivity index is 1.40. The number of hydrogen-bond acceptors (Lipinski definition) is 8. The first-order valence-corrected chi connectivity index (χ1v) is 12.1. The largest absolute Gasteiger partial charge is 0.486 e. The van der Waals surface area contributed by atoms with Gasteiger partial charge in [-0.3, -0.25) is 0 Å². The Labute approximate surface area is 199 Å². The molecule has 9 nitrogen and oxygen atoms in total. The molecule has 1 aromatic carbocycles. The second-order valence-corrected chi connectivity index (χ2v) is 9.32. The van der Waals surface area contributed by atoms with Crippen LogP contribution in [0.1, 0.15) is 39.0 Å². The number of ether oxygens (including phenoxy) is 4. The predicted molar refractivity (Wildman–Crippen MR) is 127 cm³/mol.